The van der Waals surface area contributed by atoms with Crippen molar-refractivity contribution in [1.82, 2.24) is 25.5 Å². The molecule has 1 amide bonds. The van der Waals surface area contributed by atoms with Crippen LogP contribution in [0, 0.1) is 13.8 Å². The number of para-hydroxylation sites is 1. The zero-order chi connectivity index (χ0) is 16.9. The quantitative estimate of drug-likeness (QED) is 0.702. The summed E-state index contributed by atoms with van der Waals surface area (Å²) in [4.78, 5) is 12.1. The smallest absolute Gasteiger partial charge is 0.273 e. The molecule has 0 unspecified atom stereocenters. The largest absolute Gasteiger partial charge is 0.361 e. The lowest BCUT2D eigenvalue weighted by molar-refractivity contribution is 0.0948. The van der Waals surface area contributed by atoms with E-state index in [1.54, 1.807) is 10.9 Å². The van der Waals surface area contributed by atoms with Gasteiger partial charge in [0.15, 0.2) is 5.69 Å². The van der Waals surface area contributed by atoms with E-state index in [2.05, 4.69) is 20.8 Å². The zero-order valence-electron chi connectivity index (χ0n) is 13.7. The van der Waals surface area contributed by atoms with Crippen LogP contribution in [-0.4, -0.2) is 32.6 Å². The van der Waals surface area contributed by atoms with E-state index in [4.69, 9.17) is 4.52 Å². The fourth-order valence-electron chi connectivity index (χ4n) is 2.49. The molecule has 0 aliphatic heterocycles. The Kier molecular flexibility index (Phi) is 4.69. The fraction of sp³-hybridized carbons (Fsp3) is 0.294. The van der Waals surface area contributed by atoms with Crippen molar-refractivity contribution in [2.24, 2.45) is 0 Å². The van der Waals surface area contributed by atoms with Gasteiger partial charge in [-0.1, -0.05) is 28.6 Å². The maximum atomic E-state index is 12.1. The number of benzene rings is 1. The van der Waals surface area contributed by atoms with Gasteiger partial charge < -0.3 is 9.84 Å². The Bertz CT molecular complexity index is 803. The van der Waals surface area contributed by atoms with E-state index in [9.17, 15) is 4.79 Å². The Morgan fingerprint density at radius 2 is 2.04 bits per heavy atom. The summed E-state index contributed by atoms with van der Waals surface area (Å²) in [5.41, 5.74) is 3.18. The van der Waals surface area contributed by atoms with Crippen LogP contribution in [0.3, 0.4) is 0 Å². The van der Waals surface area contributed by atoms with Crippen molar-refractivity contribution in [3.8, 4) is 5.69 Å². The third kappa shape index (κ3) is 3.51. The summed E-state index contributed by atoms with van der Waals surface area (Å²) in [5, 5.41) is 14.7. The van der Waals surface area contributed by atoms with Crippen LogP contribution in [0.2, 0.25) is 0 Å². The van der Waals surface area contributed by atoms with Crippen LogP contribution >= 0.6 is 0 Å². The predicted octanol–water partition coefficient (Wildman–Crippen LogP) is 2.23. The van der Waals surface area contributed by atoms with Gasteiger partial charge in [-0.3, -0.25) is 4.79 Å². The molecular weight excluding hydrogens is 306 g/mol. The first-order valence-corrected chi connectivity index (χ1v) is 7.83. The fourth-order valence-corrected chi connectivity index (χ4v) is 2.49. The number of amides is 1. The second kappa shape index (κ2) is 7.08. The van der Waals surface area contributed by atoms with Crippen molar-refractivity contribution in [3.63, 3.8) is 0 Å². The lowest BCUT2D eigenvalue weighted by Crippen LogP contribution is -2.25. The summed E-state index contributed by atoms with van der Waals surface area (Å²) >= 11 is 0. The van der Waals surface area contributed by atoms with Crippen LogP contribution < -0.4 is 5.32 Å². The number of carbonyl (C=O) groups excluding carboxylic acids is 1. The molecule has 124 valence electrons. The van der Waals surface area contributed by atoms with Crippen LogP contribution in [0.15, 0.2) is 41.1 Å². The summed E-state index contributed by atoms with van der Waals surface area (Å²) in [6.07, 6.45) is 3.25. The molecule has 0 saturated carbocycles. The minimum atomic E-state index is -0.226. The van der Waals surface area contributed by atoms with Crippen molar-refractivity contribution >= 4 is 5.91 Å². The first-order chi connectivity index (χ1) is 11.6. The van der Waals surface area contributed by atoms with Crippen LogP contribution in [0.5, 0.6) is 0 Å². The number of nitrogens with one attached hydrogen (secondary N) is 1. The van der Waals surface area contributed by atoms with E-state index in [1.165, 1.54) is 0 Å². The summed E-state index contributed by atoms with van der Waals surface area (Å²) in [7, 11) is 0. The standard InChI is InChI=1S/C17H19N5O2/c1-12-15(13(2)24-20-12)9-6-10-18-17(23)16-11-22(21-19-16)14-7-4-3-5-8-14/h3-5,7-8,11H,6,9-10H2,1-2H3,(H,18,23). The van der Waals surface area contributed by atoms with Gasteiger partial charge in [0, 0.05) is 12.1 Å². The van der Waals surface area contributed by atoms with Crippen LogP contribution in [0.1, 0.15) is 33.9 Å². The van der Waals surface area contributed by atoms with Gasteiger partial charge in [0.05, 0.1) is 17.6 Å². The second-order valence-electron chi connectivity index (χ2n) is 5.55. The van der Waals surface area contributed by atoms with Gasteiger partial charge in [-0.05, 0) is 38.8 Å². The molecule has 0 radical (unpaired) electrons. The third-order valence-corrected chi connectivity index (χ3v) is 3.82. The molecule has 3 rings (SSSR count). The zero-order valence-corrected chi connectivity index (χ0v) is 13.7. The predicted molar refractivity (Wildman–Crippen MR) is 88.0 cm³/mol. The monoisotopic (exact) mass is 325 g/mol. The van der Waals surface area contributed by atoms with Crippen LogP contribution in [0.4, 0.5) is 0 Å². The normalized spacial score (nSPS) is 10.8. The minimum Gasteiger partial charge on any atom is -0.361 e. The van der Waals surface area contributed by atoms with Crippen molar-refractivity contribution in [2.75, 3.05) is 6.54 Å². The average Bonchev–Trinajstić information content (AvgIpc) is 3.21. The summed E-state index contributed by atoms with van der Waals surface area (Å²) < 4.78 is 6.71. The number of aromatic nitrogens is 4. The van der Waals surface area contributed by atoms with Crippen LogP contribution in [-0.2, 0) is 6.42 Å². The number of hydrogen-bond donors (Lipinski definition) is 1. The molecule has 24 heavy (non-hydrogen) atoms. The van der Waals surface area contributed by atoms with Crippen molar-refractivity contribution < 1.29 is 9.32 Å². The Balaban J connectivity index is 1.52. The van der Waals surface area contributed by atoms with Crippen molar-refractivity contribution in [2.45, 2.75) is 26.7 Å². The van der Waals surface area contributed by atoms with E-state index in [0.717, 1.165) is 35.5 Å². The topological polar surface area (TPSA) is 85.8 Å². The minimum absolute atomic E-state index is 0.226. The summed E-state index contributed by atoms with van der Waals surface area (Å²) in [6, 6.07) is 9.55. The maximum absolute atomic E-state index is 12.1. The summed E-state index contributed by atoms with van der Waals surface area (Å²) in [5.74, 6) is 0.612. The van der Waals surface area contributed by atoms with Gasteiger partial charge in [-0.2, -0.15) is 0 Å². The third-order valence-electron chi connectivity index (χ3n) is 3.82. The number of carbonyl (C=O) groups is 1. The SMILES string of the molecule is Cc1noc(C)c1CCCNC(=O)c1cn(-c2ccccc2)nn1. The highest BCUT2D eigenvalue weighted by molar-refractivity contribution is 5.91. The molecule has 7 nitrogen and oxygen atoms in total. The Morgan fingerprint density at radius 3 is 2.75 bits per heavy atom. The molecule has 0 fully saturated rings. The molecule has 2 aromatic heterocycles. The number of rotatable bonds is 6. The number of hydrogen-bond acceptors (Lipinski definition) is 5. The van der Waals surface area contributed by atoms with Crippen LogP contribution in [0.25, 0.3) is 5.69 Å². The molecule has 0 atom stereocenters. The van der Waals surface area contributed by atoms with Gasteiger partial charge in [-0.25, -0.2) is 4.68 Å². The molecule has 0 aliphatic carbocycles. The second-order valence-corrected chi connectivity index (χ2v) is 5.55. The molecule has 0 spiro atoms. The van der Waals surface area contributed by atoms with Crippen molar-refractivity contribution in [3.05, 3.63) is 59.2 Å². The molecule has 0 bridgehead atoms. The molecular formula is C17H19N5O2. The van der Waals surface area contributed by atoms with E-state index in [-0.39, 0.29) is 5.91 Å². The molecule has 3 aromatic rings. The molecule has 1 aromatic carbocycles. The van der Waals surface area contributed by atoms with Gasteiger partial charge in [0.25, 0.3) is 5.91 Å². The highest BCUT2D eigenvalue weighted by Crippen LogP contribution is 2.13. The van der Waals surface area contributed by atoms with E-state index in [1.807, 2.05) is 44.2 Å². The highest BCUT2D eigenvalue weighted by Gasteiger charge is 2.12. The number of nitrogens with zero attached hydrogens (tertiary/aromatic N) is 4. The lowest BCUT2D eigenvalue weighted by Gasteiger charge is -2.03. The average molecular weight is 325 g/mol. The van der Waals surface area contributed by atoms with E-state index < -0.39 is 0 Å². The molecule has 0 aliphatic rings. The molecule has 7 heteroatoms. The summed E-state index contributed by atoms with van der Waals surface area (Å²) in [6.45, 7) is 4.38. The first kappa shape index (κ1) is 15.9. The maximum Gasteiger partial charge on any atom is 0.273 e. The first-order valence-electron chi connectivity index (χ1n) is 7.83. The van der Waals surface area contributed by atoms with Gasteiger partial charge in [0.1, 0.15) is 5.76 Å². The Hall–Kier alpha value is -2.96. The molecule has 1 N–H and O–H groups in total. The van der Waals surface area contributed by atoms with E-state index >= 15 is 0 Å². The highest BCUT2D eigenvalue weighted by atomic mass is 16.5. The van der Waals surface area contributed by atoms with Gasteiger partial charge in [-0.15, -0.1) is 5.10 Å². The molecule has 0 saturated heterocycles. The lowest BCUT2D eigenvalue weighted by atomic mass is 10.1. The van der Waals surface area contributed by atoms with Gasteiger partial charge in [0.2, 0.25) is 0 Å². The Morgan fingerprint density at radius 1 is 1.25 bits per heavy atom. The van der Waals surface area contributed by atoms with Gasteiger partial charge >= 0.3 is 0 Å². The van der Waals surface area contributed by atoms with Crippen molar-refractivity contribution in [1.29, 1.82) is 0 Å². The number of aryl methyl sites for hydroxylation is 2. The van der Waals surface area contributed by atoms with E-state index in [0.29, 0.717) is 12.2 Å². The Labute approximate surface area is 139 Å². The molecule has 2 heterocycles.